The van der Waals surface area contributed by atoms with Gasteiger partial charge in [0.1, 0.15) is 17.3 Å². The summed E-state index contributed by atoms with van der Waals surface area (Å²) in [6.45, 7) is 4.47. The van der Waals surface area contributed by atoms with Crippen molar-refractivity contribution in [2.75, 3.05) is 6.54 Å². The maximum absolute atomic E-state index is 14.7. The molecule has 0 radical (unpaired) electrons. The van der Waals surface area contributed by atoms with Crippen molar-refractivity contribution in [2.24, 2.45) is 0 Å². The summed E-state index contributed by atoms with van der Waals surface area (Å²) in [5.74, 6) is -0.452. The Morgan fingerprint density at radius 2 is 1.79 bits per heavy atom. The van der Waals surface area contributed by atoms with Gasteiger partial charge in [-0.15, -0.1) is 0 Å². The average molecular weight is 434 g/mol. The molecule has 0 atom stereocenters. The molecule has 2 aromatic carbocycles. The number of halogens is 3. The first-order chi connectivity index (χ1) is 13.9. The molecule has 0 unspecified atom stereocenters. The number of carbonyl (C=O) groups excluding carboxylic acids is 1. The summed E-state index contributed by atoms with van der Waals surface area (Å²) in [4.78, 5) is 17.2. The molecule has 3 aromatic rings. The fourth-order valence-corrected chi connectivity index (χ4v) is 3.42. The summed E-state index contributed by atoms with van der Waals surface area (Å²) < 4.78 is 16.4. The second kappa shape index (κ2) is 9.42. The van der Waals surface area contributed by atoms with Crippen LogP contribution < -0.4 is 5.32 Å². The maximum atomic E-state index is 14.7. The lowest BCUT2D eigenvalue weighted by Gasteiger charge is -2.11. The number of nitrogens with one attached hydrogen (secondary N) is 1. The molecule has 3 rings (SSSR count). The number of rotatable bonds is 7. The number of nitrogens with zero attached hydrogens (tertiary/aromatic N) is 2. The Labute approximate surface area is 179 Å². The Hall–Kier alpha value is -2.37. The zero-order valence-electron chi connectivity index (χ0n) is 16.3. The molecule has 1 aromatic heterocycles. The molecule has 0 bridgehead atoms. The van der Waals surface area contributed by atoms with E-state index < -0.39 is 5.82 Å². The molecule has 0 fully saturated rings. The lowest BCUT2D eigenvalue weighted by Crippen LogP contribution is -2.25. The van der Waals surface area contributed by atoms with Crippen LogP contribution in [0.5, 0.6) is 0 Å². The highest BCUT2D eigenvalue weighted by Crippen LogP contribution is 2.30. The van der Waals surface area contributed by atoms with Crippen LogP contribution in [0.1, 0.15) is 42.4 Å². The first-order valence-corrected chi connectivity index (χ1v) is 10.3. The topological polar surface area (TPSA) is 46.9 Å². The second-order valence-corrected chi connectivity index (χ2v) is 7.64. The molecule has 152 valence electrons. The van der Waals surface area contributed by atoms with Crippen LogP contribution in [0.3, 0.4) is 0 Å². The Morgan fingerprint density at radius 3 is 2.45 bits per heavy atom. The molecule has 0 spiro atoms. The number of hydrogen-bond acceptors (Lipinski definition) is 2. The molecule has 7 heteroatoms. The van der Waals surface area contributed by atoms with Crippen LogP contribution in [0.4, 0.5) is 4.39 Å². The van der Waals surface area contributed by atoms with E-state index in [0.29, 0.717) is 28.1 Å². The lowest BCUT2D eigenvalue weighted by molar-refractivity contribution is 0.0948. The van der Waals surface area contributed by atoms with Gasteiger partial charge in [-0.25, -0.2) is 9.37 Å². The van der Waals surface area contributed by atoms with E-state index in [4.69, 9.17) is 23.2 Å². The Balaban J connectivity index is 2.08. The number of hydrogen-bond donors (Lipinski definition) is 1. The highest BCUT2D eigenvalue weighted by molar-refractivity contribution is 6.30. The lowest BCUT2D eigenvalue weighted by atomic mass is 10.2. The predicted molar refractivity (Wildman–Crippen MR) is 116 cm³/mol. The van der Waals surface area contributed by atoms with Crippen LogP contribution in [-0.2, 0) is 0 Å². The molecule has 0 aliphatic rings. The van der Waals surface area contributed by atoms with E-state index in [9.17, 15) is 9.18 Å². The van der Waals surface area contributed by atoms with Crippen LogP contribution in [-0.4, -0.2) is 22.0 Å². The van der Waals surface area contributed by atoms with Crippen molar-refractivity contribution in [3.63, 3.8) is 0 Å². The minimum absolute atomic E-state index is 0.262. The maximum Gasteiger partial charge on any atom is 0.271 e. The molecular weight excluding hydrogens is 412 g/mol. The summed E-state index contributed by atoms with van der Waals surface area (Å²) in [6.07, 6.45) is 3.01. The molecule has 0 aliphatic heterocycles. The molecule has 0 aliphatic carbocycles. The number of unbranched alkanes of at least 4 members (excludes halogenated alkanes) is 2. The first kappa shape index (κ1) is 21.3. The largest absolute Gasteiger partial charge is 0.351 e. The minimum Gasteiger partial charge on any atom is -0.351 e. The number of benzene rings is 2. The van der Waals surface area contributed by atoms with Crippen LogP contribution in [0.15, 0.2) is 42.5 Å². The number of aromatic nitrogens is 2. The predicted octanol–water partition coefficient (Wildman–Crippen LogP) is 6.21. The molecule has 0 saturated carbocycles. The van der Waals surface area contributed by atoms with Gasteiger partial charge in [-0.05, 0) is 55.8 Å². The molecule has 4 nitrogen and oxygen atoms in total. The van der Waals surface area contributed by atoms with E-state index >= 15 is 0 Å². The molecule has 1 N–H and O–H groups in total. The van der Waals surface area contributed by atoms with E-state index in [0.717, 1.165) is 24.9 Å². The van der Waals surface area contributed by atoms with Crippen LogP contribution in [0.2, 0.25) is 10.0 Å². The van der Waals surface area contributed by atoms with Crippen molar-refractivity contribution in [2.45, 2.75) is 33.1 Å². The summed E-state index contributed by atoms with van der Waals surface area (Å²) in [5.41, 5.74) is 1.87. The van der Waals surface area contributed by atoms with Crippen LogP contribution in [0.25, 0.3) is 17.1 Å². The fraction of sp³-hybridized carbons (Fsp3) is 0.273. The van der Waals surface area contributed by atoms with Crippen molar-refractivity contribution in [3.8, 4) is 17.1 Å². The van der Waals surface area contributed by atoms with Gasteiger partial charge in [-0.1, -0.05) is 43.0 Å². The summed E-state index contributed by atoms with van der Waals surface area (Å²) in [5, 5.41) is 3.78. The van der Waals surface area contributed by atoms with Crippen molar-refractivity contribution < 1.29 is 9.18 Å². The zero-order valence-corrected chi connectivity index (χ0v) is 17.8. The summed E-state index contributed by atoms with van der Waals surface area (Å²) in [6, 6.07) is 11.5. The Morgan fingerprint density at radius 1 is 1.10 bits per heavy atom. The third-order valence-corrected chi connectivity index (χ3v) is 5.13. The van der Waals surface area contributed by atoms with Gasteiger partial charge in [0, 0.05) is 22.3 Å². The van der Waals surface area contributed by atoms with Crippen molar-refractivity contribution in [1.82, 2.24) is 14.9 Å². The van der Waals surface area contributed by atoms with Gasteiger partial charge in [-0.3, -0.25) is 9.36 Å². The van der Waals surface area contributed by atoms with E-state index in [1.807, 2.05) is 0 Å². The number of carbonyl (C=O) groups is 1. The van der Waals surface area contributed by atoms with E-state index in [1.54, 1.807) is 47.9 Å². The zero-order chi connectivity index (χ0) is 21.0. The van der Waals surface area contributed by atoms with Gasteiger partial charge >= 0.3 is 0 Å². The van der Waals surface area contributed by atoms with Gasteiger partial charge in [-0.2, -0.15) is 0 Å². The molecule has 1 heterocycles. The highest BCUT2D eigenvalue weighted by Gasteiger charge is 2.23. The van der Waals surface area contributed by atoms with Gasteiger partial charge < -0.3 is 5.32 Å². The fourth-order valence-electron chi connectivity index (χ4n) is 3.13. The third-order valence-electron chi connectivity index (χ3n) is 4.65. The average Bonchev–Trinajstić information content (AvgIpc) is 3.03. The number of imidazole rings is 1. The van der Waals surface area contributed by atoms with E-state index in [1.165, 1.54) is 6.07 Å². The first-order valence-electron chi connectivity index (χ1n) is 9.51. The van der Waals surface area contributed by atoms with Gasteiger partial charge in [0.05, 0.1) is 11.3 Å². The normalized spacial score (nSPS) is 10.9. The standard InChI is InChI=1S/C22H22Cl2FN3O/c1-3-4-5-12-26-22(29)20-14(2)28(17-9-6-15(23)7-10-17)21(27-20)18-11-8-16(24)13-19(18)25/h6-11,13H,3-5,12H2,1-2H3,(H,26,29). The smallest absolute Gasteiger partial charge is 0.271 e. The third kappa shape index (κ3) is 4.80. The van der Waals surface area contributed by atoms with Crippen molar-refractivity contribution in [1.29, 1.82) is 0 Å². The molecule has 0 saturated heterocycles. The highest BCUT2D eigenvalue weighted by atomic mass is 35.5. The quantitative estimate of drug-likeness (QED) is 0.449. The Bertz CT molecular complexity index is 1020. The van der Waals surface area contributed by atoms with Gasteiger partial charge in [0.2, 0.25) is 0 Å². The molecule has 29 heavy (non-hydrogen) atoms. The van der Waals surface area contributed by atoms with Crippen LogP contribution >= 0.6 is 23.2 Å². The van der Waals surface area contributed by atoms with Crippen molar-refractivity contribution in [3.05, 3.63) is 69.7 Å². The van der Waals surface area contributed by atoms with E-state index in [-0.39, 0.29) is 17.2 Å². The second-order valence-electron chi connectivity index (χ2n) is 6.77. The summed E-state index contributed by atoms with van der Waals surface area (Å²) in [7, 11) is 0. The molecule has 1 amide bonds. The van der Waals surface area contributed by atoms with Gasteiger partial charge in [0.25, 0.3) is 5.91 Å². The number of amides is 1. The van der Waals surface area contributed by atoms with E-state index in [2.05, 4.69) is 17.2 Å². The van der Waals surface area contributed by atoms with Crippen LogP contribution in [0, 0.1) is 12.7 Å². The SMILES string of the molecule is CCCCCNC(=O)c1nc(-c2ccc(Cl)cc2F)n(-c2ccc(Cl)cc2)c1C. The minimum atomic E-state index is -0.507. The van der Waals surface area contributed by atoms with Gasteiger partial charge in [0.15, 0.2) is 0 Å². The molecular formula is C22H22Cl2FN3O. The van der Waals surface area contributed by atoms with Crippen molar-refractivity contribution >= 4 is 29.1 Å². The monoisotopic (exact) mass is 433 g/mol. The summed E-state index contributed by atoms with van der Waals surface area (Å²) >= 11 is 11.9. The Kier molecular flexibility index (Phi) is 6.93.